The van der Waals surface area contributed by atoms with Crippen LogP contribution in [0.1, 0.15) is 33.1 Å². The van der Waals surface area contributed by atoms with Gasteiger partial charge in [0.05, 0.1) is 0 Å². The van der Waals surface area contributed by atoms with Gasteiger partial charge in [0.15, 0.2) is 0 Å². The smallest absolute Gasteiger partial charge is 0.103 e. The van der Waals surface area contributed by atoms with Gasteiger partial charge in [-0.05, 0) is 24.7 Å². The van der Waals surface area contributed by atoms with Crippen molar-refractivity contribution < 1.29 is 8.78 Å². The van der Waals surface area contributed by atoms with Crippen molar-refractivity contribution in [1.82, 2.24) is 0 Å². The highest BCUT2D eigenvalue weighted by Crippen LogP contribution is 2.33. The summed E-state index contributed by atoms with van der Waals surface area (Å²) < 4.78 is 25.6. The Hall–Kier alpha value is -0.140. The molecule has 66 valence electrons. The molecule has 0 saturated heterocycles. The van der Waals surface area contributed by atoms with E-state index >= 15 is 0 Å². The van der Waals surface area contributed by atoms with Gasteiger partial charge in [-0.2, -0.15) is 0 Å². The standard InChI is InChI=1S/C9H16F2/c1-6(2)7-3-8(10)5-9(11)4-7/h6-9H,3-5H2,1-2H3. The van der Waals surface area contributed by atoms with Crippen molar-refractivity contribution >= 4 is 0 Å². The van der Waals surface area contributed by atoms with E-state index in [1.54, 1.807) is 0 Å². The molecule has 0 aromatic heterocycles. The van der Waals surface area contributed by atoms with Crippen molar-refractivity contribution in [1.29, 1.82) is 0 Å². The fourth-order valence-electron chi connectivity index (χ4n) is 1.77. The molecule has 1 saturated carbocycles. The average molecular weight is 162 g/mol. The third-order valence-corrected chi connectivity index (χ3v) is 2.57. The van der Waals surface area contributed by atoms with Crippen LogP contribution in [-0.4, -0.2) is 12.3 Å². The lowest BCUT2D eigenvalue weighted by atomic mass is 9.80. The highest BCUT2D eigenvalue weighted by Gasteiger charge is 2.30. The third kappa shape index (κ3) is 2.42. The Labute approximate surface area is 67.0 Å². The second kappa shape index (κ2) is 3.51. The first-order chi connectivity index (χ1) is 5.09. The zero-order chi connectivity index (χ0) is 8.43. The molecule has 0 nitrogen and oxygen atoms in total. The highest BCUT2D eigenvalue weighted by atomic mass is 19.1. The molecule has 0 heterocycles. The van der Waals surface area contributed by atoms with Crippen LogP contribution in [-0.2, 0) is 0 Å². The van der Waals surface area contributed by atoms with E-state index in [0.717, 1.165) is 0 Å². The molecule has 1 aliphatic rings. The van der Waals surface area contributed by atoms with Crippen LogP contribution in [0.4, 0.5) is 8.78 Å². The third-order valence-electron chi connectivity index (χ3n) is 2.57. The molecule has 2 heteroatoms. The Kier molecular flexibility index (Phi) is 2.85. The van der Waals surface area contributed by atoms with Gasteiger partial charge in [-0.15, -0.1) is 0 Å². The first-order valence-corrected chi connectivity index (χ1v) is 4.37. The van der Waals surface area contributed by atoms with E-state index in [1.165, 1.54) is 0 Å². The van der Waals surface area contributed by atoms with E-state index in [9.17, 15) is 8.78 Å². The molecule has 2 unspecified atom stereocenters. The molecule has 0 aliphatic heterocycles. The van der Waals surface area contributed by atoms with Crippen LogP contribution in [0.15, 0.2) is 0 Å². The monoisotopic (exact) mass is 162 g/mol. The Morgan fingerprint density at radius 2 is 1.45 bits per heavy atom. The summed E-state index contributed by atoms with van der Waals surface area (Å²) in [5, 5.41) is 0. The van der Waals surface area contributed by atoms with Gasteiger partial charge in [-0.25, -0.2) is 8.78 Å². The molecular formula is C9H16F2. The van der Waals surface area contributed by atoms with Crippen molar-refractivity contribution in [3.63, 3.8) is 0 Å². The average Bonchev–Trinajstić information content (AvgIpc) is 1.85. The molecule has 1 fully saturated rings. The van der Waals surface area contributed by atoms with E-state index in [1.807, 2.05) is 13.8 Å². The second-order valence-corrected chi connectivity index (χ2v) is 3.91. The number of halogens is 2. The van der Waals surface area contributed by atoms with Gasteiger partial charge in [-0.3, -0.25) is 0 Å². The molecule has 0 amide bonds. The molecule has 0 radical (unpaired) electrons. The minimum atomic E-state index is -0.897. The minimum Gasteiger partial charge on any atom is -0.247 e. The fraction of sp³-hybridized carbons (Fsp3) is 1.00. The summed E-state index contributed by atoms with van der Waals surface area (Å²) in [6.07, 6.45) is -0.531. The lowest BCUT2D eigenvalue weighted by molar-refractivity contribution is 0.0949. The maximum atomic E-state index is 12.8. The molecule has 0 spiro atoms. The maximum absolute atomic E-state index is 12.8. The predicted molar refractivity (Wildman–Crippen MR) is 42.0 cm³/mol. The molecule has 0 aromatic carbocycles. The molecule has 0 N–H and O–H groups in total. The van der Waals surface area contributed by atoms with Crippen LogP contribution in [0.5, 0.6) is 0 Å². The molecular weight excluding hydrogens is 146 g/mol. The van der Waals surface area contributed by atoms with Crippen LogP contribution >= 0.6 is 0 Å². The number of alkyl halides is 2. The number of hydrogen-bond acceptors (Lipinski definition) is 0. The molecule has 11 heavy (non-hydrogen) atoms. The van der Waals surface area contributed by atoms with Crippen LogP contribution in [0.3, 0.4) is 0 Å². The van der Waals surface area contributed by atoms with E-state index in [4.69, 9.17) is 0 Å². The Morgan fingerprint density at radius 1 is 1.00 bits per heavy atom. The summed E-state index contributed by atoms with van der Waals surface area (Å²) in [6, 6.07) is 0. The van der Waals surface area contributed by atoms with Crippen molar-refractivity contribution in [2.24, 2.45) is 11.8 Å². The zero-order valence-electron chi connectivity index (χ0n) is 7.19. The van der Waals surface area contributed by atoms with Crippen molar-refractivity contribution in [2.75, 3.05) is 0 Å². The van der Waals surface area contributed by atoms with E-state index in [2.05, 4.69) is 0 Å². The summed E-state index contributed by atoms with van der Waals surface area (Å²) in [6.45, 7) is 4.07. The zero-order valence-corrected chi connectivity index (χ0v) is 7.19. The number of hydrogen-bond donors (Lipinski definition) is 0. The SMILES string of the molecule is CC(C)C1CC(F)CC(F)C1. The first-order valence-electron chi connectivity index (χ1n) is 4.37. The van der Waals surface area contributed by atoms with E-state index < -0.39 is 12.3 Å². The quantitative estimate of drug-likeness (QED) is 0.555. The van der Waals surface area contributed by atoms with Gasteiger partial charge in [0, 0.05) is 6.42 Å². The van der Waals surface area contributed by atoms with Crippen LogP contribution in [0.2, 0.25) is 0 Å². The summed E-state index contributed by atoms with van der Waals surface area (Å²) in [5.41, 5.74) is 0. The summed E-state index contributed by atoms with van der Waals surface area (Å²) in [4.78, 5) is 0. The fourth-order valence-corrected chi connectivity index (χ4v) is 1.77. The minimum absolute atomic E-state index is 0.128. The van der Waals surface area contributed by atoms with Gasteiger partial charge in [0.1, 0.15) is 12.3 Å². The van der Waals surface area contributed by atoms with Crippen LogP contribution in [0.25, 0.3) is 0 Å². The van der Waals surface area contributed by atoms with Crippen molar-refractivity contribution in [3.8, 4) is 0 Å². The Morgan fingerprint density at radius 3 is 1.82 bits per heavy atom. The van der Waals surface area contributed by atoms with Crippen molar-refractivity contribution in [3.05, 3.63) is 0 Å². The van der Waals surface area contributed by atoms with Crippen LogP contribution in [0, 0.1) is 11.8 Å². The molecule has 2 atom stereocenters. The second-order valence-electron chi connectivity index (χ2n) is 3.91. The van der Waals surface area contributed by atoms with Gasteiger partial charge in [0.2, 0.25) is 0 Å². The van der Waals surface area contributed by atoms with Gasteiger partial charge in [-0.1, -0.05) is 13.8 Å². The highest BCUT2D eigenvalue weighted by molar-refractivity contribution is 4.80. The van der Waals surface area contributed by atoms with Gasteiger partial charge < -0.3 is 0 Å². The van der Waals surface area contributed by atoms with Gasteiger partial charge in [0.25, 0.3) is 0 Å². The lowest BCUT2D eigenvalue weighted by Crippen LogP contribution is -2.27. The normalized spacial score (nSPS) is 39.5. The predicted octanol–water partition coefficient (Wildman–Crippen LogP) is 3.12. The molecule has 0 bridgehead atoms. The van der Waals surface area contributed by atoms with E-state index in [-0.39, 0.29) is 12.3 Å². The molecule has 1 aliphatic carbocycles. The van der Waals surface area contributed by atoms with Crippen molar-refractivity contribution in [2.45, 2.75) is 45.5 Å². The maximum Gasteiger partial charge on any atom is 0.103 e. The summed E-state index contributed by atoms with van der Waals surface area (Å²) in [7, 11) is 0. The summed E-state index contributed by atoms with van der Waals surface area (Å²) in [5.74, 6) is 0.681. The van der Waals surface area contributed by atoms with E-state index in [0.29, 0.717) is 18.8 Å². The molecule has 1 rings (SSSR count). The Balaban J connectivity index is 2.43. The van der Waals surface area contributed by atoms with Crippen LogP contribution < -0.4 is 0 Å². The number of rotatable bonds is 1. The topological polar surface area (TPSA) is 0 Å². The molecule has 0 aromatic rings. The van der Waals surface area contributed by atoms with Gasteiger partial charge >= 0.3 is 0 Å². The first kappa shape index (κ1) is 8.95. The Bertz CT molecular complexity index is 113. The lowest BCUT2D eigenvalue weighted by Gasteiger charge is -2.29. The summed E-state index contributed by atoms with van der Waals surface area (Å²) >= 11 is 0. The largest absolute Gasteiger partial charge is 0.247 e.